The van der Waals surface area contributed by atoms with Crippen LogP contribution in [0.3, 0.4) is 0 Å². The number of benzene rings is 3. The van der Waals surface area contributed by atoms with Gasteiger partial charge in [0.1, 0.15) is 17.4 Å². The summed E-state index contributed by atoms with van der Waals surface area (Å²) in [6, 6.07) is 18.1. The highest BCUT2D eigenvalue weighted by Gasteiger charge is 2.21. The van der Waals surface area contributed by atoms with Crippen molar-refractivity contribution in [2.75, 3.05) is 18.2 Å². The Labute approximate surface area is 212 Å². The fourth-order valence-corrected chi connectivity index (χ4v) is 4.35. The Morgan fingerprint density at radius 1 is 1.03 bits per heavy atom. The smallest absolute Gasteiger partial charge is 0.234 e. The number of ether oxygens (including phenoxy) is 1. The molecule has 1 aromatic heterocycles. The zero-order valence-electron chi connectivity index (χ0n) is 20.4. The molecule has 0 saturated carbocycles. The van der Waals surface area contributed by atoms with E-state index in [1.165, 1.54) is 16.7 Å². The summed E-state index contributed by atoms with van der Waals surface area (Å²) in [5.41, 5.74) is 2.29. The Hall–Kier alpha value is -3.72. The molecule has 0 saturated heterocycles. The minimum atomic E-state index is -0.762. The third-order valence-electron chi connectivity index (χ3n) is 5.49. The molecule has 0 bridgehead atoms. The number of carbonyl (C=O) groups is 1. The number of rotatable bonds is 7. The lowest BCUT2D eigenvalue weighted by molar-refractivity contribution is -0.113. The number of anilines is 1. The molecule has 3 aromatic carbocycles. The van der Waals surface area contributed by atoms with Crippen LogP contribution in [0.5, 0.6) is 5.75 Å². The number of hydrogen-bond donors (Lipinski definition) is 1. The molecule has 0 aliphatic carbocycles. The van der Waals surface area contributed by atoms with Crippen LogP contribution in [0.2, 0.25) is 0 Å². The van der Waals surface area contributed by atoms with E-state index in [1.807, 2.05) is 48.5 Å². The van der Waals surface area contributed by atoms with Crippen molar-refractivity contribution >= 4 is 23.4 Å². The molecule has 186 valence electrons. The van der Waals surface area contributed by atoms with Gasteiger partial charge in [0, 0.05) is 11.6 Å². The molecule has 4 rings (SSSR count). The van der Waals surface area contributed by atoms with Gasteiger partial charge >= 0.3 is 0 Å². The van der Waals surface area contributed by atoms with Crippen molar-refractivity contribution in [1.82, 2.24) is 14.8 Å². The number of halogens is 2. The molecule has 9 heteroatoms. The first kappa shape index (κ1) is 25.4. The number of thioether (sulfide) groups is 1. The second-order valence-corrected chi connectivity index (χ2v) is 10.0. The lowest BCUT2D eigenvalue weighted by atomic mass is 9.87. The van der Waals surface area contributed by atoms with Gasteiger partial charge in [0.25, 0.3) is 0 Å². The quantitative estimate of drug-likeness (QED) is 0.299. The molecule has 0 fully saturated rings. The van der Waals surface area contributed by atoms with Crippen molar-refractivity contribution in [2.24, 2.45) is 0 Å². The van der Waals surface area contributed by atoms with Gasteiger partial charge in [-0.3, -0.25) is 9.36 Å². The molecule has 6 nitrogen and oxygen atoms in total. The summed E-state index contributed by atoms with van der Waals surface area (Å²) in [6.45, 7) is 6.26. The topological polar surface area (TPSA) is 69.0 Å². The molecular formula is C27H26F2N4O2S. The van der Waals surface area contributed by atoms with E-state index in [2.05, 4.69) is 36.3 Å². The molecule has 1 amide bonds. The summed E-state index contributed by atoms with van der Waals surface area (Å²) in [4.78, 5) is 12.9. The molecule has 1 heterocycles. The Balaban J connectivity index is 1.61. The highest BCUT2D eigenvalue weighted by molar-refractivity contribution is 7.99. The van der Waals surface area contributed by atoms with E-state index in [-0.39, 0.29) is 22.8 Å². The lowest BCUT2D eigenvalue weighted by Gasteiger charge is -2.21. The number of hydrogen-bond acceptors (Lipinski definition) is 5. The summed E-state index contributed by atoms with van der Waals surface area (Å²) < 4.78 is 35.3. The average molecular weight is 509 g/mol. The first-order valence-electron chi connectivity index (χ1n) is 11.2. The van der Waals surface area contributed by atoms with E-state index in [1.54, 1.807) is 7.11 Å². The molecule has 0 unspecified atom stereocenters. The molecule has 36 heavy (non-hydrogen) atoms. The summed E-state index contributed by atoms with van der Waals surface area (Å²) in [7, 11) is 1.54. The number of methoxy groups -OCH3 is 1. The highest BCUT2D eigenvalue weighted by atomic mass is 32.2. The van der Waals surface area contributed by atoms with Gasteiger partial charge in [-0.05, 0) is 35.2 Å². The van der Waals surface area contributed by atoms with Crippen LogP contribution in [0.15, 0.2) is 71.9 Å². The minimum absolute atomic E-state index is 0.0152. The molecule has 1 N–H and O–H groups in total. The van der Waals surface area contributed by atoms with Gasteiger partial charge in [0.15, 0.2) is 11.0 Å². The number of nitrogens with one attached hydrogen (secondary N) is 1. The monoisotopic (exact) mass is 508 g/mol. The molecule has 0 spiro atoms. The summed E-state index contributed by atoms with van der Waals surface area (Å²) >= 11 is 1.10. The predicted octanol–water partition coefficient (Wildman–Crippen LogP) is 6.25. The summed E-state index contributed by atoms with van der Waals surface area (Å²) in [6.07, 6.45) is 0. The van der Waals surface area contributed by atoms with Crippen molar-refractivity contribution in [3.8, 4) is 22.8 Å². The van der Waals surface area contributed by atoms with E-state index in [0.29, 0.717) is 28.0 Å². The van der Waals surface area contributed by atoms with E-state index < -0.39 is 11.6 Å². The zero-order chi connectivity index (χ0) is 25.9. The average Bonchev–Trinajstić information content (AvgIpc) is 3.26. The SMILES string of the molecule is COc1ccc(C(C)(C)C)cc1NC(=O)CSc1nnc(-c2ccccc2)n1-c1ccc(F)cc1F. The standard InChI is InChI=1S/C27H26F2N4O2S/c1-27(2,3)18-10-13-23(35-4)21(14-18)30-24(34)16-36-26-32-31-25(17-8-6-5-7-9-17)33(26)22-12-11-19(28)15-20(22)29/h5-15H,16H2,1-4H3,(H,30,34). The van der Waals surface area contributed by atoms with Gasteiger partial charge in [-0.2, -0.15) is 0 Å². The van der Waals surface area contributed by atoms with Crippen LogP contribution in [0.4, 0.5) is 14.5 Å². The van der Waals surface area contributed by atoms with E-state index in [0.717, 1.165) is 23.4 Å². The van der Waals surface area contributed by atoms with E-state index in [9.17, 15) is 13.6 Å². The van der Waals surface area contributed by atoms with Gasteiger partial charge in [0.2, 0.25) is 5.91 Å². The van der Waals surface area contributed by atoms with Gasteiger partial charge in [-0.25, -0.2) is 8.78 Å². The number of aromatic nitrogens is 3. The van der Waals surface area contributed by atoms with Crippen molar-refractivity contribution in [3.05, 3.63) is 83.9 Å². The third-order valence-corrected chi connectivity index (χ3v) is 6.42. The maximum atomic E-state index is 14.8. The van der Waals surface area contributed by atoms with Crippen molar-refractivity contribution in [1.29, 1.82) is 0 Å². The fraction of sp³-hybridized carbons (Fsp3) is 0.222. The maximum absolute atomic E-state index is 14.8. The van der Waals surface area contributed by atoms with Crippen LogP contribution in [-0.4, -0.2) is 33.5 Å². The highest BCUT2D eigenvalue weighted by Crippen LogP contribution is 2.33. The first-order valence-corrected chi connectivity index (χ1v) is 12.2. The van der Waals surface area contributed by atoms with Crippen LogP contribution in [0, 0.1) is 11.6 Å². The molecular weight excluding hydrogens is 482 g/mol. The predicted molar refractivity (Wildman–Crippen MR) is 138 cm³/mol. The molecule has 0 radical (unpaired) electrons. The van der Waals surface area contributed by atoms with Crippen molar-refractivity contribution < 1.29 is 18.3 Å². The van der Waals surface area contributed by atoms with Crippen molar-refractivity contribution in [3.63, 3.8) is 0 Å². The zero-order valence-corrected chi connectivity index (χ0v) is 21.2. The molecule has 0 aliphatic heterocycles. The lowest BCUT2D eigenvalue weighted by Crippen LogP contribution is -2.17. The fourth-order valence-electron chi connectivity index (χ4n) is 3.61. The van der Waals surface area contributed by atoms with Gasteiger partial charge in [-0.1, -0.05) is 68.9 Å². The van der Waals surface area contributed by atoms with Crippen molar-refractivity contribution in [2.45, 2.75) is 31.3 Å². The normalized spacial score (nSPS) is 11.4. The summed E-state index contributed by atoms with van der Waals surface area (Å²) in [5, 5.41) is 11.6. The first-order chi connectivity index (χ1) is 17.2. The Morgan fingerprint density at radius 3 is 2.44 bits per heavy atom. The Bertz CT molecular complexity index is 1380. The van der Waals surface area contributed by atoms with Crippen LogP contribution >= 0.6 is 11.8 Å². The second-order valence-electron chi connectivity index (χ2n) is 9.11. The van der Waals surface area contributed by atoms with Crippen LogP contribution < -0.4 is 10.1 Å². The van der Waals surface area contributed by atoms with E-state index in [4.69, 9.17) is 4.74 Å². The van der Waals surface area contributed by atoms with Crippen LogP contribution in [0.1, 0.15) is 26.3 Å². The van der Waals surface area contributed by atoms with E-state index >= 15 is 0 Å². The molecule has 4 aromatic rings. The number of carbonyl (C=O) groups excluding carboxylic acids is 1. The van der Waals surface area contributed by atoms with Crippen LogP contribution in [0.25, 0.3) is 17.1 Å². The van der Waals surface area contributed by atoms with Gasteiger partial charge in [0.05, 0.1) is 24.2 Å². The minimum Gasteiger partial charge on any atom is -0.495 e. The molecule has 0 aliphatic rings. The maximum Gasteiger partial charge on any atom is 0.234 e. The molecule has 0 atom stereocenters. The largest absolute Gasteiger partial charge is 0.495 e. The third kappa shape index (κ3) is 5.57. The van der Waals surface area contributed by atoms with Crippen LogP contribution in [-0.2, 0) is 10.2 Å². The second kappa shape index (κ2) is 10.5. The summed E-state index contributed by atoms with van der Waals surface area (Å²) in [5.74, 6) is -0.835. The Morgan fingerprint density at radius 2 is 1.78 bits per heavy atom. The number of amides is 1. The van der Waals surface area contributed by atoms with Gasteiger partial charge in [-0.15, -0.1) is 10.2 Å². The van der Waals surface area contributed by atoms with Gasteiger partial charge < -0.3 is 10.1 Å². The number of nitrogens with zero attached hydrogens (tertiary/aromatic N) is 3. The Kier molecular flexibility index (Phi) is 7.40.